The fourth-order valence-corrected chi connectivity index (χ4v) is 2.85. The molecule has 98 valence electrons. The molecule has 3 atom stereocenters. The third-order valence-electron chi connectivity index (χ3n) is 4.02. The van der Waals surface area contributed by atoms with E-state index in [4.69, 9.17) is 0 Å². The lowest BCUT2D eigenvalue weighted by Gasteiger charge is -2.14. The maximum absolute atomic E-state index is 13.1. The molecule has 0 aliphatic heterocycles. The van der Waals surface area contributed by atoms with E-state index >= 15 is 0 Å². The van der Waals surface area contributed by atoms with Crippen LogP contribution in [0.15, 0.2) is 48.5 Å². The molecule has 0 amide bonds. The number of hydrogen-bond acceptors (Lipinski definition) is 1. The Kier molecular flexibility index (Phi) is 3.11. The van der Waals surface area contributed by atoms with Gasteiger partial charge < -0.3 is 5.11 Å². The van der Waals surface area contributed by atoms with Gasteiger partial charge in [0.05, 0.1) is 6.10 Å². The van der Waals surface area contributed by atoms with Crippen LogP contribution in [0.4, 0.5) is 4.39 Å². The van der Waals surface area contributed by atoms with Crippen LogP contribution in [0.1, 0.15) is 35.1 Å². The standard InChI is InChI=1S/C17H17FO/c1-11-9-13(18)7-8-14(11)17(19)16-10-15(16)12-5-3-2-4-6-12/h2-9,15-17,19H,10H2,1H3. The minimum atomic E-state index is -0.495. The summed E-state index contributed by atoms with van der Waals surface area (Å²) < 4.78 is 13.1. The van der Waals surface area contributed by atoms with Crippen LogP contribution in [0.25, 0.3) is 0 Å². The third-order valence-corrected chi connectivity index (χ3v) is 4.02. The molecule has 2 aromatic carbocycles. The molecule has 2 aromatic rings. The van der Waals surface area contributed by atoms with E-state index in [1.54, 1.807) is 6.07 Å². The Morgan fingerprint density at radius 1 is 1.16 bits per heavy atom. The Labute approximate surface area is 112 Å². The smallest absolute Gasteiger partial charge is 0.123 e. The predicted molar refractivity (Wildman–Crippen MR) is 73.4 cm³/mol. The summed E-state index contributed by atoms with van der Waals surface area (Å²) in [5.41, 5.74) is 2.96. The van der Waals surface area contributed by atoms with E-state index in [2.05, 4.69) is 12.1 Å². The number of rotatable bonds is 3. The zero-order chi connectivity index (χ0) is 13.4. The molecule has 1 nitrogen and oxygen atoms in total. The number of aryl methyl sites for hydroxylation is 1. The lowest BCUT2D eigenvalue weighted by atomic mass is 9.97. The molecular formula is C17H17FO. The summed E-state index contributed by atoms with van der Waals surface area (Å²) in [5.74, 6) is 0.441. The van der Waals surface area contributed by atoms with Crippen LogP contribution in [0.5, 0.6) is 0 Å². The molecule has 0 spiro atoms. The second-order valence-electron chi connectivity index (χ2n) is 5.36. The molecule has 3 rings (SSSR count). The fraction of sp³-hybridized carbons (Fsp3) is 0.294. The van der Waals surface area contributed by atoms with Gasteiger partial charge in [-0.1, -0.05) is 36.4 Å². The number of aliphatic hydroxyl groups is 1. The van der Waals surface area contributed by atoms with Gasteiger partial charge in [-0.15, -0.1) is 0 Å². The maximum atomic E-state index is 13.1. The van der Waals surface area contributed by atoms with Gasteiger partial charge >= 0.3 is 0 Å². The van der Waals surface area contributed by atoms with Crippen LogP contribution in [0.3, 0.4) is 0 Å². The Morgan fingerprint density at radius 2 is 1.89 bits per heavy atom. The molecule has 0 heterocycles. The Bertz CT molecular complexity index is 579. The van der Waals surface area contributed by atoms with Crippen LogP contribution < -0.4 is 0 Å². The Balaban J connectivity index is 1.78. The van der Waals surface area contributed by atoms with Gasteiger partial charge in [0.25, 0.3) is 0 Å². The summed E-state index contributed by atoms with van der Waals surface area (Å²) in [4.78, 5) is 0. The monoisotopic (exact) mass is 256 g/mol. The SMILES string of the molecule is Cc1cc(F)ccc1C(O)C1CC1c1ccccc1. The Morgan fingerprint density at radius 3 is 2.58 bits per heavy atom. The highest BCUT2D eigenvalue weighted by molar-refractivity contribution is 5.33. The molecule has 0 bridgehead atoms. The van der Waals surface area contributed by atoms with Gasteiger partial charge in [0.2, 0.25) is 0 Å². The molecule has 1 saturated carbocycles. The largest absolute Gasteiger partial charge is 0.388 e. The summed E-state index contributed by atoms with van der Waals surface area (Å²) in [7, 11) is 0. The molecule has 3 unspecified atom stereocenters. The van der Waals surface area contributed by atoms with Crippen LogP contribution in [-0.4, -0.2) is 5.11 Å². The summed E-state index contributed by atoms with van der Waals surface area (Å²) in [6, 6.07) is 14.9. The van der Waals surface area contributed by atoms with Gasteiger partial charge in [0.1, 0.15) is 5.82 Å². The normalized spacial score (nSPS) is 23.1. The quantitative estimate of drug-likeness (QED) is 0.881. The van der Waals surface area contributed by atoms with Gasteiger partial charge in [0.15, 0.2) is 0 Å². The number of benzene rings is 2. The molecule has 1 fully saturated rings. The summed E-state index contributed by atoms with van der Waals surface area (Å²) in [5, 5.41) is 10.4. The average Bonchev–Trinajstić information content (AvgIpc) is 3.19. The van der Waals surface area contributed by atoms with Crippen molar-refractivity contribution in [3.8, 4) is 0 Å². The summed E-state index contributed by atoms with van der Waals surface area (Å²) in [6.45, 7) is 1.85. The van der Waals surface area contributed by atoms with E-state index in [9.17, 15) is 9.50 Å². The van der Waals surface area contributed by atoms with Gasteiger partial charge in [0, 0.05) is 0 Å². The highest BCUT2D eigenvalue weighted by Crippen LogP contribution is 2.54. The first-order valence-corrected chi connectivity index (χ1v) is 6.66. The van der Waals surface area contributed by atoms with Crippen molar-refractivity contribution in [2.75, 3.05) is 0 Å². The predicted octanol–water partition coefficient (Wildman–Crippen LogP) is 3.97. The lowest BCUT2D eigenvalue weighted by Crippen LogP contribution is -2.04. The number of halogens is 1. The summed E-state index contributed by atoms with van der Waals surface area (Å²) in [6.07, 6.45) is 0.507. The minimum absolute atomic E-state index is 0.246. The van der Waals surface area contributed by atoms with Crippen molar-refractivity contribution in [2.45, 2.75) is 25.4 Å². The molecule has 1 aliphatic carbocycles. The first-order valence-electron chi connectivity index (χ1n) is 6.66. The van der Waals surface area contributed by atoms with Gasteiger partial charge in [-0.25, -0.2) is 4.39 Å². The van der Waals surface area contributed by atoms with Crippen molar-refractivity contribution in [3.63, 3.8) is 0 Å². The second kappa shape index (κ2) is 4.78. The van der Waals surface area contributed by atoms with Crippen molar-refractivity contribution < 1.29 is 9.50 Å². The van der Waals surface area contributed by atoms with E-state index in [0.29, 0.717) is 5.92 Å². The molecule has 1 N–H and O–H groups in total. The molecule has 19 heavy (non-hydrogen) atoms. The van der Waals surface area contributed by atoms with Crippen molar-refractivity contribution in [1.82, 2.24) is 0 Å². The maximum Gasteiger partial charge on any atom is 0.123 e. The molecule has 1 aliphatic rings. The van der Waals surface area contributed by atoms with E-state index in [0.717, 1.165) is 17.5 Å². The highest BCUT2D eigenvalue weighted by atomic mass is 19.1. The molecule has 0 radical (unpaired) electrons. The van der Waals surface area contributed by atoms with E-state index in [-0.39, 0.29) is 11.7 Å². The zero-order valence-electron chi connectivity index (χ0n) is 10.9. The third kappa shape index (κ3) is 2.41. The van der Waals surface area contributed by atoms with Gasteiger partial charge in [-0.3, -0.25) is 0 Å². The average molecular weight is 256 g/mol. The van der Waals surface area contributed by atoms with E-state index < -0.39 is 6.10 Å². The van der Waals surface area contributed by atoms with E-state index in [1.165, 1.54) is 17.7 Å². The zero-order valence-corrected chi connectivity index (χ0v) is 10.9. The Hall–Kier alpha value is -1.67. The molecule has 0 aromatic heterocycles. The molecule has 0 saturated heterocycles. The van der Waals surface area contributed by atoms with Gasteiger partial charge in [-0.05, 0) is 54.0 Å². The van der Waals surface area contributed by atoms with Crippen molar-refractivity contribution in [3.05, 3.63) is 71.0 Å². The second-order valence-corrected chi connectivity index (χ2v) is 5.36. The first-order chi connectivity index (χ1) is 9.16. The van der Waals surface area contributed by atoms with Crippen molar-refractivity contribution in [2.24, 2.45) is 5.92 Å². The first kappa shape index (κ1) is 12.4. The van der Waals surface area contributed by atoms with Gasteiger partial charge in [-0.2, -0.15) is 0 Å². The highest BCUT2D eigenvalue weighted by Gasteiger charge is 2.44. The summed E-state index contributed by atoms with van der Waals surface area (Å²) >= 11 is 0. The van der Waals surface area contributed by atoms with Crippen molar-refractivity contribution in [1.29, 1.82) is 0 Å². The topological polar surface area (TPSA) is 20.2 Å². The lowest BCUT2D eigenvalue weighted by molar-refractivity contribution is 0.150. The van der Waals surface area contributed by atoms with Crippen LogP contribution in [0, 0.1) is 18.7 Å². The van der Waals surface area contributed by atoms with E-state index in [1.807, 2.05) is 25.1 Å². The van der Waals surface area contributed by atoms with Crippen LogP contribution >= 0.6 is 0 Å². The molecule has 2 heteroatoms. The van der Waals surface area contributed by atoms with Crippen LogP contribution in [0.2, 0.25) is 0 Å². The minimum Gasteiger partial charge on any atom is -0.388 e. The molecular weight excluding hydrogens is 239 g/mol. The fourth-order valence-electron chi connectivity index (χ4n) is 2.85. The number of hydrogen-bond donors (Lipinski definition) is 1. The number of aliphatic hydroxyl groups excluding tert-OH is 1. The van der Waals surface area contributed by atoms with Crippen molar-refractivity contribution >= 4 is 0 Å². The van der Waals surface area contributed by atoms with Crippen LogP contribution in [-0.2, 0) is 0 Å².